The first-order valence-corrected chi connectivity index (χ1v) is 3.94. The molecule has 0 unspecified atom stereocenters. The summed E-state index contributed by atoms with van der Waals surface area (Å²) in [4.78, 5) is 10.8. The standard InChI is InChI=1S/C9H7FN2O2/c1-12-8-5(4-11-12)2-6(10)3-7(8)9(13)14/h2-4H,1H3,(H,13,14). The number of rotatable bonds is 1. The van der Waals surface area contributed by atoms with E-state index in [0.29, 0.717) is 10.9 Å². The van der Waals surface area contributed by atoms with Gasteiger partial charge in [0.2, 0.25) is 0 Å². The molecule has 0 aliphatic rings. The molecule has 1 heterocycles. The highest BCUT2D eigenvalue weighted by Crippen LogP contribution is 2.19. The van der Waals surface area contributed by atoms with E-state index < -0.39 is 11.8 Å². The zero-order valence-electron chi connectivity index (χ0n) is 7.36. The molecule has 0 radical (unpaired) electrons. The van der Waals surface area contributed by atoms with Crippen LogP contribution in [0, 0.1) is 5.82 Å². The summed E-state index contributed by atoms with van der Waals surface area (Å²) in [6.45, 7) is 0. The van der Waals surface area contributed by atoms with Gasteiger partial charge in [0, 0.05) is 12.4 Å². The van der Waals surface area contributed by atoms with Gasteiger partial charge in [0.25, 0.3) is 0 Å². The van der Waals surface area contributed by atoms with E-state index in [0.717, 1.165) is 6.07 Å². The van der Waals surface area contributed by atoms with E-state index in [1.165, 1.54) is 16.9 Å². The van der Waals surface area contributed by atoms with Gasteiger partial charge in [0.05, 0.1) is 17.3 Å². The third-order valence-electron chi connectivity index (χ3n) is 2.03. The Bertz CT molecular complexity index is 519. The van der Waals surface area contributed by atoms with Crippen molar-refractivity contribution in [3.05, 3.63) is 29.7 Å². The maximum absolute atomic E-state index is 13.0. The Morgan fingerprint density at radius 2 is 2.29 bits per heavy atom. The van der Waals surface area contributed by atoms with Crippen molar-refractivity contribution in [1.29, 1.82) is 0 Å². The van der Waals surface area contributed by atoms with Gasteiger partial charge in [-0.15, -0.1) is 0 Å². The van der Waals surface area contributed by atoms with Crippen LogP contribution in [0.4, 0.5) is 4.39 Å². The number of benzene rings is 1. The van der Waals surface area contributed by atoms with Crippen LogP contribution in [-0.4, -0.2) is 20.9 Å². The maximum atomic E-state index is 13.0. The van der Waals surface area contributed by atoms with Crippen molar-refractivity contribution in [2.75, 3.05) is 0 Å². The van der Waals surface area contributed by atoms with Crippen molar-refractivity contribution in [2.45, 2.75) is 0 Å². The maximum Gasteiger partial charge on any atom is 0.338 e. The van der Waals surface area contributed by atoms with Crippen LogP contribution in [0.15, 0.2) is 18.3 Å². The molecule has 0 saturated carbocycles. The van der Waals surface area contributed by atoms with Crippen molar-refractivity contribution in [3.8, 4) is 0 Å². The van der Waals surface area contributed by atoms with Gasteiger partial charge in [-0.3, -0.25) is 4.68 Å². The number of hydrogen-bond acceptors (Lipinski definition) is 2. The first kappa shape index (κ1) is 8.68. The molecule has 0 aliphatic carbocycles. The van der Waals surface area contributed by atoms with E-state index in [2.05, 4.69) is 5.10 Å². The van der Waals surface area contributed by atoms with Crippen molar-refractivity contribution in [3.63, 3.8) is 0 Å². The molecular formula is C9H7FN2O2. The minimum Gasteiger partial charge on any atom is -0.478 e. The van der Waals surface area contributed by atoms with Crippen LogP contribution >= 0.6 is 0 Å². The van der Waals surface area contributed by atoms with Crippen LogP contribution in [0.25, 0.3) is 10.9 Å². The highest BCUT2D eigenvalue weighted by molar-refractivity contribution is 6.01. The molecule has 4 nitrogen and oxygen atoms in total. The predicted octanol–water partition coefficient (Wildman–Crippen LogP) is 1.41. The third-order valence-corrected chi connectivity index (χ3v) is 2.03. The van der Waals surface area contributed by atoms with Crippen molar-refractivity contribution < 1.29 is 14.3 Å². The molecule has 0 atom stereocenters. The van der Waals surface area contributed by atoms with Crippen molar-refractivity contribution >= 4 is 16.9 Å². The monoisotopic (exact) mass is 194 g/mol. The van der Waals surface area contributed by atoms with Crippen LogP contribution < -0.4 is 0 Å². The average molecular weight is 194 g/mol. The van der Waals surface area contributed by atoms with E-state index in [9.17, 15) is 9.18 Å². The number of halogens is 1. The molecule has 5 heteroatoms. The normalized spacial score (nSPS) is 10.7. The average Bonchev–Trinajstić information content (AvgIpc) is 2.46. The highest BCUT2D eigenvalue weighted by Gasteiger charge is 2.13. The zero-order valence-corrected chi connectivity index (χ0v) is 7.36. The number of aromatic nitrogens is 2. The number of carboxylic acid groups (broad SMARTS) is 1. The van der Waals surface area contributed by atoms with E-state index in [-0.39, 0.29) is 5.56 Å². The molecule has 1 aromatic heterocycles. The summed E-state index contributed by atoms with van der Waals surface area (Å²) in [5.41, 5.74) is 0.360. The van der Waals surface area contributed by atoms with E-state index in [1.54, 1.807) is 7.05 Å². The SMILES string of the molecule is Cn1ncc2cc(F)cc(C(=O)O)c21. The lowest BCUT2D eigenvalue weighted by Gasteiger charge is -2.00. The first-order valence-electron chi connectivity index (χ1n) is 3.94. The molecule has 1 N–H and O–H groups in total. The lowest BCUT2D eigenvalue weighted by Crippen LogP contribution is -2.02. The highest BCUT2D eigenvalue weighted by atomic mass is 19.1. The lowest BCUT2D eigenvalue weighted by atomic mass is 10.1. The zero-order chi connectivity index (χ0) is 10.3. The molecule has 1 aromatic carbocycles. The Morgan fingerprint density at radius 1 is 1.57 bits per heavy atom. The van der Waals surface area contributed by atoms with Gasteiger partial charge in [0.1, 0.15) is 5.82 Å². The summed E-state index contributed by atoms with van der Waals surface area (Å²) in [6.07, 6.45) is 1.44. The van der Waals surface area contributed by atoms with E-state index in [4.69, 9.17) is 5.11 Å². The fourth-order valence-electron chi connectivity index (χ4n) is 1.45. The second-order valence-electron chi connectivity index (χ2n) is 2.96. The number of nitrogens with zero attached hydrogens (tertiary/aromatic N) is 2. The van der Waals surface area contributed by atoms with Crippen LogP contribution in [-0.2, 0) is 7.05 Å². The minimum atomic E-state index is -1.15. The number of fused-ring (bicyclic) bond motifs is 1. The van der Waals surface area contributed by atoms with Gasteiger partial charge < -0.3 is 5.11 Å². The lowest BCUT2D eigenvalue weighted by molar-refractivity contribution is 0.0698. The predicted molar refractivity (Wildman–Crippen MR) is 47.6 cm³/mol. The molecule has 0 saturated heterocycles. The van der Waals surface area contributed by atoms with Gasteiger partial charge in [-0.25, -0.2) is 9.18 Å². The molecule has 14 heavy (non-hydrogen) atoms. The molecule has 2 rings (SSSR count). The number of carboxylic acids is 1. The fraction of sp³-hybridized carbons (Fsp3) is 0.111. The second-order valence-corrected chi connectivity index (χ2v) is 2.96. The number of carbonyl (C=O) groups is 1. The van der Waals surface area contributed by atoms with Crippen LogP contribution in [0.2, 0.25) is 0 Å². The number of aryl methyl sites for hydroxylation is 1. The fourth-order valence-corrected chi connectivity index (χ4v) is 1.45. The van der Waals surface area contributed by atoms with Gasteiger partial charge in [-0.1, -0.05) is 0 Å². The Labute approximate surface area is 78.6 Å². The molecule has 2 aromatic rings. The second kappa shape index (κ2) is 2.80. The quantitative estimate of drug-likeness (QED) is 0.746. The summed E-state index contributed by atoms with van der Waals surface area (Å²) < 4.78 is 14.4. The number of aromatic carboxylic acids is 1. The molecule has 0 bridgehead atoms. The van der Waals surface area contributed by atoms with Crippen LogP contribution in [0.1, 0.15) is 10.4 Å². The van der Waals surface area contributed by atoms with Crippen molar-refractivity contribution in [1.82, 2.24) is 9.78 Å². The topological polar surface area (TPSA) is 55.1 Å². The Kier molecular flexibility index (Phi) is 1.73. The summed E-state index contributed by atoms with van der Waals surface area (Å²) in [7, 11) is 1.62. The van der Waals surface area contributed by atoms with Crippen LogP contribution in [0.5, 0.6) is 0 Å². The number of hydrogen-bond donors (Lipinski definition) is 1. The smallest absolute Gasteiger partial charge is 0.338 e. The molecule has 0 fully saturated rings. The molecule has 72 valence electrons. The first-order chi connectivity index (χ1) is 6.59. The summed E-state index contributed by atoms with van der Waals surface area (Å²) in [6, 6.07) is 2.25. The van der Waals surface area contributed by atoms with Crippen LogP contribution in [0.3, 0.4) is 0 Å². The van der Waals surface area contributed by atoms with Gasteiger partial charge in [-0.05, 0) is 12.1 Å². The van der Waals surface area contributed by atoms with Crippen molar-refractivity contribution in [2.24, 2.45) is 7.05 Å². The molecule has 0 spiro atoms. The Morgan fingerprint density at radius 3 is 2.93 bits per heavy atom. The Hall–Kier alpha value is -1.91. The summed E-state index contributed by atoms with van der Waals surface area (Å²) >= 11 is 0. The molecule has 0 aliphatic heterocycles. The van der Waals surface area contributed by atoms with E-state index in [1.807, 2.05) is 0 Å². The summed E-state index contributed by atoms with van der Waals surface area (Å²) in [5.74, 6) is -1.72. The van der Waals surface area contributed by atoms with Gasteiger partial charge in [-0.2, -0.15) is 5.10 Å². The molecule has 0 amide bonds. The third kappa shape index (κ3) is 1.14. The van der Waals surface area contributed by atoms with Gasteiger partial charge >= 0.3 is 5.97 Å². The molecular weight excluding hydrogens is 187 g/mol. The largest absolute Gasteiger partial charge is 0.478 e. The van der Waals surface area contributed by atoms with Gasteiger partial charge in [0.15, 0.2) is 0 Å². The summed E-state index contributed by atoms with van der Waals surface area (Å²) in [5, 5.41) is 13.2. The minimum absolute atomic E-state index is 0.0694. The Balaban J connectivity index is 2.90. The van der Waals surface area contributed by atoms with E-state index >= 15 is 0 Å².